The van der Waals surface area contributed by atoms with Gasteiger partial charge in [-0.3, -0.25) is 9.59 Å². The number of carbonyl (C=O) groups excluding carboxylic acids is 1. The van der Waals surface area contributed by atoms with Crippen LogP contribution in [-0.4, -0.2) is 35.5 Å². The SMILES string of the molecule is CN(CCC(=O)O)C(=O)Cc1ccc(F)cc1. The molecule has 0 saturated heterocycles. The van der Waals surface area contributed by atoms with Crippen molar-refractivity contribution in [2.45, 2.75) is 12.8 Å². The van der Waals surface area contributed by atoms with Gasteiger partial charge in [0.25, 0.3) is 0 Å². The number of carbonyl (C=O) groups is 2. The van der Waals surface area contributed by atoms with Crippen LogP contribution in [0.1, 0.15) is 12.0 Å². The van der Waals surface area contributed by atoms with Crippen LogP contribution >= 0.6 is 0 Å². The summed E-state index contributed by atoms with van der Waals surface area (Å²) in [6.45, 7) is 0.176. The Labute approximate surface area is 98.7 Å². The fourth-order valence-electron chi connectivity index (χ4n) is 1.30. The number of carboxylic acid groups (broad SMARTS) is 1. The van der Waals surface area contributed by atoms with Gasteiger partial charge in [0.1, 0.15) is 5.82 Å². The molecule has 5 heteroatoms. The minimum absolute atomic E-state index is 0.0777. The zero-order valence-corrected chi connectivity index (χ0v) is 9.52. The Morgan fingerprint density at radius 1 is 1.29 bits per heavy atom. The molecule has 17 heavy (non-hydrogen) atoms. The van der Waals surface area contributed by atoms with E-state index >= 15 is 0 Å². The molecular formula is C12H14FNO3. The molecule has 0 bridgehead atoms. The fraction of sp³-hybridized carbons (Fsp3) is 0.333. The Hall–Kier alpha value is -1.91. The first-order valence-electron chi connectivity index (χ1n) is 5.19. The monoisotopic (exact) mass is 239 g/mol. The van der Waals surface area contributed by atoms with Crippen LogP contribution in [0, 0.1) is 5.82 Å². The van der Waals surface area contributed by atoms with Crippen LogP contribution in [0.4, 0.5) is 4.39 Å². The first-order chi connectivity index (χ1) is 7.99. The molecular weight excluding hydrogens is 225 g/mol. The lowest BCUT2D eigenvalue weighted by Gasteiger charge is -2.15. The van der Waals surface area contributed by atoms with Crippen molar-refractivity contribution in [2.75, 3.05) is 13.6 Å². The first kappa shape index (κ1) is 13.2. The molecule has 0 radical (unpaired) electrons. The molecule has 0 aromatic heterocycles. The van der Waals surface area contributed by atoms with E-state index in [0.717, 1.165) is 0 Å². The summed E-state index contributed by atoms with van der Waals surface area (Å²) in [5.74, 6) is -1.47. The zero-order chi connectivity index (χ0) is 12.8. The molecule has 0 heterocycles. The van der Waals surface area contributed by atoms with E-state index in [9.17, 15) is 14.0 Å². The van der Waals surface area contributed by atoms with E-state index in [4.69, 9.17) is 5.11 Å². The van der Waals surface area contributed by atoms with Gasteiger partial charge in [0, 0.05) is 13.6 Å². The quantitative estimate of drug-likeness (QED) is 0.842. The predicted molar refractivity (Wildman–Crippen MR) is 60.0 cm³/mol. The van der Waals surface area contributed by atoms with Gasteiger partial charge in [0.2, 0.25) is 5.91 Å². The average molecular weight is 239 g/mol. The van der Waals surface area contributed by atoms with Crippen molar-refractivity contribution < 1.29 is 19.1 Å². The number of rotatable bonds is 5. The Kier molecular flexibility index (Phi) is 4.63. The Bertz CT molecular complexity index is 403. The van der Waals surface area contributed by atoms with Crippen LogP contribution in [-0.2, 0) is 16.0 Å². The average Bonchev–Trinajstić information content (AvgIpc) is 2.28. The third-order valence-electron chi connectivity index (χ3n) is 2.36. The highest BCUT2D eigenvalue weighted by Gasteiger charge is 2.10. The lowest BCUT2D eigenvalue weighted by atomic mass is 10.1. The summed E-state index contributed by atoms with van der Waals surface area (Å²) in [6, 6.07) is 5.66. The zero-order valence-electron chi connectivity index (χ0n) is 9.52. The Morgan fingerprint density at radius 3 is 2.41 bits per heavy atom. The van der Waals surface area contributed by atoms with Crippen molar-refractivity contribution in [3.8, 4) is 0 Å². The molecule has 0 aliphatic rings. The molecule has 92 valence electrons. The lowest BCUT2D eigenvalue weighted by molar-refractivity contribution is -0.138. The molecule has 0 atom stereocenters. The second-order valence-electron chi connectivity index (χ2n) is 3.76. The van der Waals surface area contributed by atoms with Crippen molar-refractivity contribution in [3.05, 3.63) is 35.6 Å². The van der Waals surface area contributed by atoms with Crippen molar-refractivity contribution in [3.63, 3.8) is 0 Å². The maximum Gasteiger partial charge on any atom is 0.305 e. The van der Waals surface area contributed by atoms with E-state index in [-0.39, 0.29) is 31.1 Å². The second-order valence-corrected chi connectivity index (χ2v) is 3.76. The predicted octanol–water partition coefficient (Wildman–Crippen LogP) is 1.30. The highest BCUT2D eigenvalue weighted by atomic mass is 19.1. The van der Waals surface area contributed by atoms with E-state index in [1.807, 2.05) is 0 Å². The van der Waals surface area contributed by atoms with Crippen LogP contribution in [0.25, 0.3) is 0 Å². The number of halogens is 1. The van der Waals surface area contributed by atoms with Gasteiger partial charge in [-0.1, -0.05) is 12.1 Å². The minimum atomic E-state index is -0.938. The topological polar surface area (TPSA) is 57.6 Å². The molecule has 1 amide bonds. The Balaban J connectivity index is 2.48. The van der Waals surface area contributed by atoms with Crippen molar-refractivity contribution in [1.29, 1.82) is 0 Å². The largest absolute Gasteiger partial charge is 0.481 e. The molecule has 0 unspecified atom stereocenters. The van der Waals surface area contributed by atoms with Crippen molar-refractivity contribution in [2.24, 2.45) is 0 Å². The summed E-state index contributed by atoms with van der Waals surface area (Å²) < 4.78 is 12.6. The van der Waals surface area contributed by atoms with Gasteiger partial charge >= 0.3 is 5.97 Å². The summed E-state index contributed by atoms with van der Waals surface area (Å²) in [4.78, 5) is 23.4. The molecule has 0 saturated carbocycles. The molecule has 0 aliphatic heterocycles. The second kappa shape index (κ2) is 5.98. The molecule has 1 aromatic rings. The third-order valence-corrected chi connectivity index (χ3v) is 2.36. The van der Waals surface area contributed by atoms with Gasteiger partial charge in [-0.15, -0.1) is 0 Å². The number of benzene rings is 1. The van der Waals surface area contributed by atoms with Crippen LogP contribution in [0.2, 0.25) is 0 Å². The van der Waals surface area contributed by atoms with Crippen LogP contribution in [0.5, 0.6) is 0 Å². The number of nitrogens with zero attached hydrogens (tertiary/aromatic N) is 1. The lowest BCUT2D eigenvalue weighted by Crippen LogP contribution is -2.30. The van der Waals surface area contributed by atoms with Crippen LogP contribution in [0.3, 0.4) is 0 Å². The van der Waals surface area contributed by atoms with E-state index in [1.165, 1.54) is 29.2 Å². The number of aliphatic carboxylic acids is 1. The number of hydrogen-bond donors (Lipinski definition) is 1. The maximum atomic E-state index is 12.6. The van der Waals surface area contributed by atoms with Gasteiger partial charge in [0.15, 0.2) is 0 Å². The highest BCUT2D eigenvalue weighted by molar-refractivity contribution is 5.79. The van der Waals surface area contributed by atoms with Crippen molar-refractivity contribution in [1.82, 2.24) is 4.90 Å². The van der Waals surface area contributed by atoms with Crippen LogP contribution in [0.15, 0.2) is 24.3 Å². The van der Waals surface area contributed by atoms with E-state index < -0.39 is 5.97 Å². The van der Waals surface area contributed by atoms with Crippen LogP contribution < -0.4 is 0 Å². The molecule has 4 nitrogen and oxygen atoms in total. The third kappa shape index (κ3) is 4.63. The maximum absolute atomic E-state index is 12.6. The van der Waals surface area contributed by atoms with Gasteiger partial charge in [-0.2, -0.15) is 0 Å². The van der Waals surface area contributed by atoms with Gasteiger partial charge in [-0.25, -0.2) is 4.39 Å². The number of hydrogen-bond acceptors (Lipinski definition) is 2. The molecule has 1 rings (SSSR count). The smallest absolute Gasteiger partial charge is 0.305 e. The fourth-order valence-corrected chi connectivity index (χ4v) is 1.30. The summed E-state index contributed by atoms with van der Waals surface area (Å²) in [6.07, 6.45) is 0.0715. The molecule has 0 fully saturated rings. The molecule has 0 aliphatic carbocycles. The standard InChI is InChI=1S/C12H14FNO3/c1-14(7-6-12(16)17)11(15)8-9-2-4-10(13)5-3-9/h2-5H,6-8H2,1H3,(H,16,17). The minimum Gasteiger partial charge on any atom is -0.481 e. The van der Waals surface area contributed by atoms with Gasteiger partial charge in [-0.05, 0) is 17.7 Å². The summed E-state index contributed by atoms with van der Waals surface area (Å²) in [7, 11) is 1.55. The van der Waals surface area contributed by atoms with Crippen molar-refractivity contribution >= 4 is 11.9 Å². The summed E-state index contributed by atoms with van der Waals surface area (Å²) >= 11 is 0. The molecule has 1 aromatic carbocycles. The highest BCUT2D eigenvalue weighted by Crippen LogP contribution is 2.05. The van der Waals surface area contributed by atoms with Gasteiger partial charge < -0.3 is 10.0 Å². The number of likely N-dealkylation sites (N-methyl/N-ethyl adjacent to an activating group) is 1. The van der Waals surface area contributed by atoms with E-state index in [1.54, 1.807) is 7.05 Å². The van der Waals surface area contributed by atoms with E-state index in [0.29, 0.717) is 5.56 Å². The first-order valence-corrected chi connectivity index (χ1v) is 5.19. The Morgan fingerprint density at radius 2 is 1.88 bits per heavy atom. The summed E-state index contributed by atoms with van der Waals surface area (Å²) in [5.41, 5.74) is 0.707. The summed E-state index contributed by atoms with van der Waals surface area (Å²) in [5, 5.41) is 8.48. The number of amides is 1. The van der Waals surface area contributed by atoms with Gasteiger partial charge in [0.05, 0.1) is 12.8 Å². The molecule has 1 N–H and O–H groups in total. The molecule has 0 spiro atoms. The van der Waals surface area contributed by atoms with E-state index in [2.05, 4.69) is 0 Å². The number of carboxylic acids is 1. The normalized spacial score (nSPS) is 10.0.